The van der Waals surface area contributed by atoms with Gasteiger partial charge in [-0.25, -0.2) is 0 Å². The van der Waals surface area contributed by atoms with Crippen molar-refractivity contribution in [2.45, 2.75) is 13.3 Å². The molecule has 1 aromatic heterocycles. The largest absolute Gasteiger partial charge is 0.351 e. The summed E-state index contributed by atoms with van der Waals surface area (Å²) in [6.07, 6.45) is 2.76. The number of fused-ring (bicyclic) bond motifs is 1. The molecule has 0 radical (unpaired) electrons. The Morgan fingerprint density at radius 3 is 2.73 bits per heavy atom. The molecule has 0 fully saturated rings. The van der Waals surface area contributed by atoms with Crippen molar-refractivity contribution < 1.29 is 4.79 Å². The summed E-state index contributed by atoms with van der Waals surface area (Å²) in [5, 5.41) is 7.52. The molecule has 0 spiro atoms. The highest BCUT2D eigenvalue weighted by molar-refractivity contribution is 6.32. The number of nitrogens with one attached hydrogen (secondary N) is 2. The minimum atomic E-state index is -0.144. The molecule has 0 saturated heterocycles. The summed E-state index contributed by atoms with van der Waals surface area (Å²) in [6.45, 7) is 4.40. The van der Waals surface area contributed by atoms with Crippen LogP contribution < -0.4 is 10.6 Å². The highest BCUT2D eigenvalue weighted by Gasteiger charge is 2.11. The third-order valence-electron chi connectivity index (χ3n) is 2.93. The molecular formula is C15H20Cl3N3O. The Labute approximate surface area is 147 Å². The summed E-state index contributed by atoms with van der Waals surface area (Å²) < 4.78 is 0. The zero-order valence-electron chi connectivity index (χ0n) is 12.3. The molecule has 22 heavy (non-hydrogen) atoms. The van der Waals surface area contributed by atoms with Crippen molar-refractivity contribution in [1.29, 1.82) is 0 Å². The van der Waals surface area contributed by atoms with Gasteiger partial charge in [0.25, 0.3) is 5.91 Å². The first-order valence-electron chi connectivity index (χ1n) is 6.75. The van der Waals surface area contributed by atoms with Crippen LogP contribution >= 0.6 is 36.4 Å². The van der Waals surface area contributed by atoms with Crippen LogP contribution in [0, 0.1) is 0 Å². The summed E-state index contributed by atoms with van der Waals surface area (Å²) >= 11 is 6.05. The number of aromatic nitrogens is 1. The maximum Gasteiger partial charge on any atom is 0.253 e. The first-order chi connectivity index (χ1) is 9.72. The van der Waals surface area contributed by atoms with Gasteiger partial charge in [0.1, 0.15) is 0 Å². The molecule has 1 heterocycles. The van der Waals surface area contributed by atoms with Crippen molar-refractivity contribution in [2.75, 3.05) is 19.6 Å². The van der Waals surface area contributed by atoms with Crippen LogP contribution in [0.1, 0.15) is 23.7 Å². The van der Waals surface area contributed by atoms with E-state index in [2.05, 4.69) is 22.5 Å². The molecule has 0 saturated carbocycles. The number of hydrogen-bond acceptors (Lipinski definition) is 3. The summed E-state index contributed by atoms with van der Waals surface area (Å²) in [6, 6.07) is 7.19. The Bertz CT molecular complexity index is 608. The van der Waals surface area contributed by atoms with E-state index in [1.54, 1.807) is 12.3 Å². The first-order valence-corrected chi connectivity index (χ1v) is 7.13. The standard InChI is InChI=1S/C15H18ClN3O.2ClH/c1-2-5-17-7-8-19-15(20)13-10-12(16)9-11-4-3-6-18-14(11)13;;/h3-4,6,9-10,17H,2,5,7-8H2,1H3,(H,19,20);2*1H. The SMILES string of the molecule is CCCNCCNC(=O)c1cc(Cl)cc2cccnc12.Cl.Cl. The van der Waals surface area contributed by atoms with E-state index >= 15 is 0 Å². The van der Waals surface area contributed by atoms with Crippen LogP contribution in [0.5, 0.6) is 0 Å². The average molecular weight is 365 g/mol. The van der Waals surface area contributed by atoms with Gasteiger partial charge in [0.15, 0.2) is 0 Å². The Hall–Kier alpha value is -1.07. The second-order valence-corrected chi connectivity index (χ2v) is 4.97. The maximum atomic E-state index is 12.2. The number of carbonyl (C=O) groups excluding carboxylic acids is 1. The van der Waals surface area contributed by atoms with E-state index in [4.69, 9.17) is 11.6 Å². The van der Waals surface area contributed by atoms with Crippen molar-refractivity contribution in [3.8, 4) is 0 Å². The summed E-state index contributed by atoms with van der Waals surface area (Å²) in [7, 11) is 0. The molecule has 0 aliphatic heterocycles. The van der Waals surface area contributed by atoms with Crippen LogP contribution in [-0.2, 0) is 0 Å². The number of benzene rings is 1. The van der Waals surface area contributed by atoms with Gasteiger partial charge < -0.3 is 10.6 Å². The zero-order valence-corrected chi connectivity index (χ0v) is 14.7. The first kappa shape index (κ1) is 20.9. The number of hydrogen-bond donors (Lipinski definition) is 2. The van der Waals surface area contributed by atoms with Gasteiger partial charge in [-0.15, -0.1) is 24.8 Å². The van der Waals surface area contributed by atoms with Crippen LogP contribution in [0.4, 0.5) is 0 Å². The fourth-order valence-electron chi connectivity index (χ4n) is 1.99. The van der Waals surface area contributed by atoms with Crippen LogP contribution in [0.15, 0.2) is 30.5 Å². The lowest BCUT2D eigenvalue weighted by Gasteiger charge is -2.08. The molecule has 4 nitrogen and oxygen atoms in total. The van der Waals surface area contributed by atoms with Crippen LogP contribution in [0.25, 0.3) is 10.9 Å². The Balaban J connectivity index is 0.00000220. The number of amides is 1. The van der Waals surface area contributed by atoms with Crippen molar-refractivity contribution in [1.82, 2.24) is 15.6 Å². The lowest BCUT2D eigenvalue weighted by molar-refractivity contribution is 0.0955. The van der Waals surface area contributed by atoms with E-state index in [0.29, 0.717) is 22.6 Å². The van der Waals surface area contributed by atoms with E-state index in [1.807, 2.05) is 18.2 Å². The number of rotatable bonds is 6. The highest BCUT2D eigenvalue weighted by Crippen LogP contribution is 2.22. The highest BCUT2D eigenvalue weighted by atomic mass is 35.5. The lowest BCUT2D eigenvalue weighted by Crippen LogP contribution is -2.32. The van der Waals surface area contributed by atoms with Crippen LogP contribution in [0.2, 0.25) is 5.02 Å². The molecule has 2 rings (SSSR count). The van der Waals surface area contributed by atoms with Gasteiger partial charge in [-0.2, -0.15) is 0 Å². The third kappa shape index (κ3) is 5.61. The summed E-state index contributed by atoms with van der Waals surface area (Å²) in [5.74, 6) is -0.144. The molecule has 0 aliphatic rings. The topological polar surface area (TPSA) is 54.0 Å². The number of pyridine rings is 1. The predicted molar refractivity (Wildman–Crippen MR) is 96.7 cm³/mol. The average Bonchev–Trinajstić information content (AvgIpc) is 2.46. The molecule has 0 unspecified atom stereocenters. The smallest absolute Gasteiger partial charge is 0.253 e. The maximum absolute atomic E-state index is 12.2. The van der Waals surface area contributed by atoms with E-state index in [-0.39, 0.29) is 30.7 Å². The van der Waals surface area contributed by atoms with E-state index in [9.17, 15) is 4.79 Å². The number of halogens is 3. The minimum absolute atomic E-state index is 0. The lowest BCUT2D eigenvalue weighted by atomic mass is 10.1. The third-order valence-corrected chi connectivity index (χ3v) is 3.15. The Morgan fingerprint density at radius 1 is 1.23 bits per heavy atom. The van der Waals surface area contributed by atoms with Crippen LogP contribution in [-0.4, -0.2) is 30.5 Å². The summed E-state index contributed by atoms with van der Waals surface area (Å²) in [5.41, 5.74) is 1.19. The van der Waals surface area contributed by atoms with Gasteiger partial charge in [0.05, 0.1) is 11.1 Å². The van der Waals surface area contributed by atoms with Gasteiger partial charge in [-0.05, 0) is 31.2 Å². The molecule has 2 aromatic rings. The second kappa shape index (κ2) is 10.6. The predicted octanol–water partition coefficient (Wildman–Crippen LogP) is 3.46. The van der Waals surface area contributed by atoms with E-state index in [1.165, 1.54) is 0 Å². The minimum Gasteiger partial charge on any atom is -0.351 e. The molecule has 1 aromatic carbocycles. The van der Waals surface area contributed by atoms with Gasteiger partial charge in [-0.3, -0.25) is 9.78 Å². The van der Waals surface area contributed by atoms with Crippen molar-refractivity contribution >= 4 is 53.2 Å². The van der Waals surface area contributed by atoms with Gasteiger partial charge in [0.2, 0.25) is 0 Å². The van der Waals surface area contributed by atoms with Crippen LogP contribution in [0.3, 0.4) is 0 Å². The molecular weight excluding hydrogens is 345 g/mol. The van der Waals surface area contributed by atoms with Gasteiger partial charge in [-0.1, -0.05) is 24.6 Å². The molecule has 7 heteroatoms. The quantitative estimate of drug-likeness (QED) is 0.772. The molecule has 0 aliphatic carbocycles. The van der Waals surface area contributed by atoms with Gasteiger partial charge in [0, 0.05) is 29.7 Å². The van der Waals surface area contributed by atoms with Crippen molar-refractivity contribution in [2.24, 2.45) is 0 Å². The number of carbonyl (C=O) groups is 1. The molecule has 122 valence electrons. The fourth-order valence-corrected chi connectivity index (χ4v) is 2.22. The normalized spacial score (nSPS) is 9.73. The zero-order chi connectivity index (χ0) is 14.4. The monoisotopic (exact) mass is 363 g/mol. The van der Waals surface area contributed by atoms with Gasteiger partial charge >= 0.3 is 0 Å². The Kier molecular flexibility index (Phi) is 10.1. The number of nitrogens with zero attached hydrogens (tertiary/aromatic N) is 1. The second-order valence-electron chi connectivity index (χ2n) is 4.53. The summed E-state index contributed by atoms with van der Waals surface area (Å²) in [4.78, 5) is 16.5. The van der Waals surface area contributed by atoms with Crippen molar-refractivity contribution in [3.05, 3.63) is 41.0 Å². The Morgan fingerprint density at radius 2 is 2.00 bits per heavy atom. The van der Waals surface area contributed by atoms with Crippen molar-refractivity contribution in [3.63, 3.8) is 0 Å². The molecule has 0 atom stereocenters. The fraction of sp³-hybridized carbons (Fsp3) is 0.333. The molecule has 1 amide bonds. The molecule has 0 bridgehead atoms. The molecule has 2 N–H and O–H groups in total. The van der Waals surface area contributed by atoms with E-state index < -0.39 is 0 Å². The van der Waals surface area contributed by atoms with E-state index in [0.717, 1.165) is 24.9 Å².